The van der Waals surface area contributed by atoms with E-state index < -0.39 is 6.10 Å². The molecule has 1 aromatic rings. The normalized spacial score (nSPS) is 15.1. The number of hydrogen-bond acceptors (Lipinski definition) is 3. The highest BCUT2D eigenvalue weighted by Gasteiger charge is 2.12. The van der Waals surface area contributed by atoms with Gasteiger partial charge in [0.15, 0.2) is 0 Å². The van der Waals surface area contributed by atoms with Crippen LogP contribution < -0.4 is 5.32 Å². The summed E-state index contributed by atoms with van der Waals surface area (Å²) in [4.78, 5) is 11.8. The Morgan fingerprint density at radius 3 is 3.00 bits per heavy atom. The highest BCUT2D eigenvalue weighted by atomic mass is 16.5. The Balaban J connectivity index is 1.82. The molecule has 0 aromatic heterocycles. The Bertz CT molecular complexity index is 445. The standard InChI is InChI=1S/C15H21NO3/c1-19-10-14(17)9-16-15(18)8-11-5-6-12-3-2-4-13(12)7-11/h5-7,14,17H,2-4,8-10H2,1H3,(H,16,18). The lowest BCUT2D eigenvalue weighted by Gasteiger charge is -2.11. The summed E-state index contributed by atoms with van der Waals surface area (Å²) in [6, 6.07) is 6.29. The van der Waals surface area contributed by atoms with Crippen molar-refractivity contribution < 1.29 is 14.6 Å². The largest absolute Gasteiger partial charge is 0.389 e. The molecule has 1 atom stereocenters. The van der Waals surface area contributed by atoms with Crippen LogP contribution in [-0.4, -0.2) is 37.4 Å². The van der Waals surface area contributed by atoms with Gasteiger partial charge >= 0.3 is 0 Å². The van der Waals surface area contributed by atoms with Crippen LogP contribution in [0.5, 0.6) is 0 Å². The predicted molar refractivity (Wildman–Crippen MR) is 73.1 cm³/mol. The number of aliphatic hydroxyl groups excluding tert-OH is 1. The molecule has 4 nitrogen and oxygen atoms in total. The summed E-state index contributed by atoms with van der Waals surface area (Å²) in [5.74, 6) is -0.0619. The van der Waals surface area contributed by atoms with Crippen LogP contribution in [0.4, 0.5) is 0 Å². The summed E-state index contributed by atoms with van der Waals surface area (Å²) in [5, 5.41) is 12.2. The number of ether oxygens (including phenoxy) is 1. The molecular formula is C15H21NO3. The number of hydrogen-bond donors (Lipinski definition) is 2. The first-order chi connectivity index (χ1) is 9.19. The van der Waals surface area contributed by atoms with Crippen LogP contribution in [0.25, 0.3) is 0 Å². The predicted octanol–water partition coefficient (Wildman–Crippen LogP) is 0.841. The molecule has 0 saturated heterocycles. The molecule has 1 amide bonds. The van der Waals surface area contributed by atoms with Gasteiger partial charge in [-0.25, -0.2) is 0 Å². The molecule has 2 N–H and O–H groups in total. The van der Waals surface area contributed by atoms with Gasteiger partial charge in [-0.2, -0.15) is 0 Å². The third-order valence-electron chi connectivity index (χ3n) is 3.42. The number of amides is 1. The van der Waals surface area contributed by atoms with Crippen LogP contribution in [0.3, 0.4) is 0 Å². The van der Waals surface area contributed by atoms with Crippen molar-refractivity contribution in [2.75, 3.05) is 20.3 Å². The van der Waals surface area contributed by atoms with E-state index in [4.69, 9.17) is 4.74 Å². The fraction of sp³-hybridized carbons (Fsp3) is 0.533. The topological polar surface area (TPSA) is 58.6 Å². The summed E-state index contributed by atoms with van der Waals surface area (Å²) in [7, 11) is 1.52. The van der Waals surface area contributed by atoms with E-state index in [2.05, 4.69) is 17.4 Å². The Kier molecular flexibility index (Phi) is 4.93. The van der Waals surface area contributed by atoms with Gasteiger partial charge in [0.1, 0.15) is 0 Å². The molecule has 1 aliphatic carbocycles. The van der Waals surface area contributed by atoms with Crippen molar-refractivity contribution in [3.8, 4) is 0 Å². The zero-order valence-electron chi connectivity index (χ0n) is 11.3. The SMILES string of the molecule is COCC(O)CNC(=O)Cc1ccc2c(c1)CCC2. The minimum Gasteiger partial charge on any atom is -0.389 e. The third kappa shape index (κ3) is 4.04. The van der Waals surface area contributed by atoms with Gasteiger partial charge in [-0.15, -0.1) is 0 Å². The second kappa shape index (κ2) is 6.68. The van der Waals surface area contributed by atoms with Crippen LogP contribution in [0.15, 0.2) is 18.2 Å². The first-order valence-corrected chi connectivity index (χ1v) is 6.73. The molecule has 0 saturated carbocycles. The van der Waals surface area contributed by atoms with Crippen molar-refractivity contribution in [1.29, 1.82) is 0 Å². The Labute approximate surface area is 113 Å². The average molecular weight is 263 g/mol. The molecule has 1 aromatic carbocycles. The lowest BCUT2D eigenvalue weighted by atomic mass is 10.0. The molecular weight excluding hydrogens is 242 g/mol. The smallest absolute Gasteiger partial charge is 0.224 e. The Morgan fingerprint density at radius 1 is 1.42 bits per heavy atom. The van der Waals surface area contributed by atoms with Crippen LogP contribution in [0.2, 0.25) is 0 Å². The maximum Gasteiger partial charge on any atom is 0.224 e. The van der Waals surface area contributed by atoms with E-state index in [-0.39, 0.29) is 19.1 Å². The molecule has 0 bridgehead atoms. The quantitative estimate of drug-likeness (QED) is 0.799. The maximum absolute atomic E-state index is 11.8. The van der Waals surface area contributed by atoms with Crippen LogP contribution in [0.1, 0.15) is 23.1 Å². The van der Waals surface area contributed by atoms with E-state index in [1.807, 2.05) is 6.07 Å². The van der Waals surface area contributed by atoms with E-state index in [0.717, 1.165) is 18.4 Å². The van der Waals surface area contributed by atoms with Gasteiger partial charge in [0, 0.05) is 13.7 Å². The van der Waals surface area contributed by atoms with Gasteiger partial charge in [-0.05, 0) is 36.0 Å². The number of rotatable bonds is 6. The molecule has 104 valence electrons. The molecule has 1 unspecified atom stereocenters. The van der Waals surface area contributed by atoms with Crippen molar-refractivity contribution in [2.24, 2.45) is 0 Å². The van der Waals surface area contributed by atoms with E-state index in [0.29, 0.717) is 6.42 Å². The first-order valence-electron chi connectivity index (χ1n) is 6.73. The van der Waals surface area contributed by atoms with Gasteiger partial charge in [0.25, 0.3) is 0 Å². The molecule has 1 aliphatic rings. The van der Waals surface area contributed by atoms with Crippen molar-refractivity contribution in [2.45, 2.75) is 31.8 Å². The summed E-state index contributed by atoms with van der Waals surface area (Å²) in [6.07, 6.45) is 3.22. The lowest BCUT2D eigenvalue weighted by molar-refractivity contribution is -0.121. The highest BCUT2D eigenvalue weighted by molar-refractivity contribution is 5.78. The average Bonchev–Trinajstić information content (AvgIpc) is 2.84. The molecule has 0 spiro atoms. The number of fused-ring (bicyclic) bond motifs is 1. The summed E-state index contributed by atoms with van der Waals surface area (Å²) in [5.41, 5.74) is 3.84. The van der Waals surface area contributed by atoms with Crippen LogP contribution >= 0.6 is 0 Å². The van der Waals surface area contributed by atoms with Gasteiger partial charge < -0.3 is 15.2 Å². The number of nitrogens with one attached hydrogen (secondary N) is 1. The van der Waals surface area contributed by atoms with Crippen molar-refractivity contribution in [1.82, 2.24) is 5.32 Å². The minimum atomic E-state index is -0.644. The molecule has 0 fully saturated rings. The van der Waals surface area contributed by atoms with E-state index in [1.54, 1.807) is 0 Å². The first kappa shape index (κ1) is 14.0. The summed E-state index contributed by atoms with van der Waals surface area (Å²) >= 11 is 0. The zero-order valence-corrected chi connectivity index (χ0v) is 11.3. The summed E-state index contributed by atoms with van der Waals surface area (Å²) < 4.78 is 4.80. The minimum absolute atomic E-state index is 0.0619. The number of carbonyl (C=O) groups is 1. The molecule has 0 heterocycles. The van der Waals surface area contributed by atoms with Crippen molar-refractivity contribution in [3.05, 3.63) is 34.9 Å². The fourth-order valence-corrected chi connectivity index (χ4v) is 2.47. The monoisotopic (exact) mass is 263 g/mol. The summed E-state index contributed by atoms with van der Waals surface area (Å²) in [6.45, 7) is 0.469. The Hall–Kier alpha value is -1.39. The van der Waals surface area contributed by atoms with Crippen molar-refractivity contribution in [3.63, 3.8) is 0 Å². The molecule has 4 heteroatoms. The third-order valence-corrected chi connectivity index (χ3v) is 3.42. The van der Waals surface area contributed by atoms with Gasteiger partial charge in [-0.3, -0.25) is 4.79 Å². The van der Waals surface area contributed by atoms with E-state index in [9.17, 15) is 9.90 Å². The second-order valence-electron chi connectivity index (χ2n) is 5.05. The molecule has 0 radical (unpaired) electrons. The number of benzene rings is 1. The van der Waals surface area contributed by atoms with Crippen molar-refractivity contribution >= 4 is 5.91 Å². The molecule has 0 aliphatic heterocycles. The van der Waals surface area contributed by atoms with E-state index >= 15 is 0 Å². The fourth-order valence-electron chi connectivity index (χ4n) is 2.47. The lowest BCUT2D eigenvalue weighted by Crippen LogP contribution is -2.35. The zero-order chi connectivity index (χ0) is 13.7. The molecule has 19 heavy (non-hydrogen) atoms. The van der Waals surface area contributed by atoms with Gasteiger partial charge in [0.2, 0.25) is 5.91 Å². The molecule has 2 rings (SSSR count). The van der Waals surface area contributed by atoms with Gasteiger partial charge in [-0.1, -0.05) is 18.2 Å². The number of aliphatic hydroxyl groups is 1. The number of carbonyl (C=O) groups excluding carboxylic acids is 1. The van der Waals surface area contributed by atoms with Crippen LogP contribution in [-0.2, 0) is 28.8 Å². The van der Waals surface area contributed by atoms with Crippen LogP contribution in [0, 0.1) is 0 Å². The Morgan fingerprint density at radius 2 is 2.21 bits per heavy atom. The second-order valence-corrected chi connectivity index (χ2v) is 5.05. The highest BCUT2D eigenvalue weighted by Crippen LogP contribution is 2.22. The number of methoxy groups -OCH3 is 1. The maximum atomic E-state index is 11.8. The van der Waals surface area contributed by atoms with E-state index in [1.165, 1.54) is 24.7 Å². The van der Waals surface area contributed by atoms with Gasteiger partial charge in [0.05, 0.1) is 19.1 Å². The number of aryl methyl sites for hydroxylation is 2.